The summed E-state index contributed by atoms with van der Waals surface area (Å²) in [5, 5.41) is 3.07. The molecule has 2 amide bonds. The summed E-state index contributed by atoms with van der Waals surface area (Å²) < 4.78 is 5.79. The van der Waals surface area contributed by atoms with Crippen molar-refractivity contribution in [3.05, 3.63) is 65.2 Å². The first-order valence-electron chi connectivity index (χ1n) is 10.9. The van der Waals surface area contributed by atoms with Crippen LogP contribution < -0.4 is 10.1 Å². The molecule has 0 saturated carbocycles. The van der Waals surface area contributed by atoms with Crippen LogP contribution in [0, 0.1) is 12.8 Å². The lowest BCUT2D eigenvalue weighted by molar-refractivity contribution is -0.126. The molecule has 0 aliphatic carbocycles. The molecule has 1 N–H and O–H groups in total. The van der Waals surface area contributed by atoms with Crippen molar-refractivity contribution in [2.45, 2.75) is 39.5 Å². The number of carbonyl (C=O) groups excluding carboxylic acids is 2. The fraction of sp³-hybridized carbons (Fsp3) is 0.440. The Morgan fingerprint density at radius 3 is 2.47 bits per heavy atom. The van der Waals surface area contributed by atoms with Crippen LogP contribution in [0.1, 0.15) is 47.7 Å². The van der Waals surface area contributed by atoms with E-state index in [1.165, 1.54) is 0 Å². The van der Waals surface area contributed by atoms with Gasteiger partial charge in [0.25, 0.3) is 5.91 Å². The van der Waals surface area contributed by atoms with Crippen LogP contribution in [0.3, 0.4) is 0 Å². The molecule has 160 valence electrons. The van der Waals surface area contributed by atoms with Crippen LogP contribution in [0.15, 0.2) is 48.5 Å². The number of carbonyl (C=O) groups is 2. The van der Waals surface area contributed by atoms with E-state index in [-0.39, 0.29) is 17.7 Å². The Morgan fingerprint density at radius 2 is 1.77 bits per heavy atom. The molecule has 5 nitrogen and oxygen atoms in total. The second kappa shape index (κ2) is 10.8. The number of benzene rings is 2. The number of nitrogens with zero attached hydrogens (tertiary/aromatic N) is 1. The first kappa shape index (κ1) is 21.9. The molecule has 2 aromatic carbocycles. The summed E-state index contributed by atoms with van der Waals surface area (Å²) in [6.45, 7) is 6.63. The zero-order valence-corrected chi connectivity index (χ0v) is 18.0. The van der Waals surface area contributed by atoms with E-state index in [2.05, 4.69) is 12.2 Å². The van der Waals surface area contributed by atoms with E-state index in [4.69, 9.17) is 4.74 Å². The van der Waals surface area contributed by atoms with Gasteiger partial charge in [0.05, 0.1) is 6.61 Å². The number of amides is 2. The van der Waals surface area contributed by atoms with Crippen molar-refractivity contribution in [3.63, 3.8) is 0 Å². The average molecular weight is 409 g/mol. The third kappa shape index (κ3) is 5.85. The predicted molar refractivity (Wildman–Crippen MR) is 119 cm³/mol. The second-order valence-corrected chi connectivity index (χ2v) is 7.93. The number of hydrogen-bond acceptors (Lipinski definition) is 3. The van der Waals surface area contributed by atoms with Crippen molar-refractivity contribution in [1.82, 2.24) is 10.2 Å². The topological polar surface area (TPSA) is 58.6 Å². The van der Waals surface area contributed by atoms with Crippen molar-refractivity contribution in [2.75, 3.05) is 26.2 Å². The highest BCUT2D eigenvalue weighted by molar-refractivity contribution is 5.94. The maximum Gasteiger partial charge on any atom is 0.253 e. The molecule has 5 heteroatoms. The number of piperidine rings is 1. The van der Waals surface area contributed by atoms with Crippen LogP contribution in [-0.4, -0.2) is 43.0 Å². The van der Waals surface area contributed by atoms with Crippen molar-refractivity contribution in [3.8, 4) is 5.75 Å². The summed E-state index contributed by atoms with van der Waals surface area (Å²) in [6, 6.07) is 15.7. The van der Waals surface area contributed by atoms with Gasteiger partial charge in [-0.1, -0.05) is 42.8 Å². The molecule has 30 heavy (non-hydrogen) atoms. The van der Waals surface area contributed by atoms with Gasteiger partial charge in [0.2, 0.25) is 5.91 Å². The van der Waals surface area contributed by atoms with Crippen LogP contribution in [0.2, 0.25) is 0 Å². The lowest BCUT2D eigenvalue weighted by Crippen LogP contribution is -2.43. The fourth-order valence-electron chi connectivity index (χ4n) is 3.75. The van der Waals surface area contributed by atoms with Gasteiger partial charge in [-0.3, -0.25) is 9.59 Å². The number of nitrogens with one attached hydrogen (secondary N) is 1. The number of ether oxygens (including phenoxy) is 1. The van der Waals surface area contributed by atoms with Gasteiger partial charge in [-0.25, -0.2) is 0 Å². The second-order valence-electron chi connectivity index (χ2n) is 7.93. The molecule has 1 aliphatic rings. The van der Waals surface area contributed by atoms with E-state index in [1.54, 1.807) is 0 Å². The summed E-state index contributed by atoms with van der Waals surface area (Å²) >= 11 is 0. The van der Waals surface area contributed by atoms with Crippen LogP contribution in [0.4, 0.5) is 0 Å². The van der Waals surface area contributed by atoms with Crippen LogP contribution in [-0.2, 0) is 11.2 Å². The van der Waals surface area contributed by atoms with Gasteiger partial charge in [-0.05, 0) is 56.4 Å². The van der Waals surface area contributed by atoms with E-state index >= 15 is 0 Å². The van der Waals surface area contributed by atoms with Crippen molar-refractivity contribution < 1.29 is 14.3 Å². The molecule has 1 heterocycles. The summed E-state index contributed by atoms with van der Waals surface area (Å²) in [6.07, 6.45) is 3.13. The van der Waals surface area contributed by atoms with Crippen molar-refractivity contribution >= 4 is 11.8 Å². The number of likely N-dealkylation sites (tertiary alicyclic amines) is 1. The zero-order valence-electron chi connectivity index (χ0n) is 18.0. The molecule has 0 atom stereocenters. The van der Waals surface area contributed by atoms with E-state index in [0.717, 1.165) is 29.7 Å². The standard InChI is InChI=1S/C25H32N2O3/c1-3-18-30-23-7-5-4-6-20(23)12-15-26-24(28)21-13-16-27(17-14-21)25(29)22-10-8-19(2)9-11-22/h4-11,21H,3,12-18H2,1-2H3,(H,26,28). The molecule has 0 radical (unpaired) electrons. The largest absolute Gasteiger partial charge is 0.493 e. The van der Waals surface area contributed by atoms with Gasteiger partial charge in [-0.15, -0.1) is 0 Å². The monoisotopic (exact) mass is 408 g/mol. The van der Waals surface area contributed by atoms with E-state index in [0.29, 0.717) is 44.6 Å². The number of rotatable bonds is 8. The van der Waals surface area contributed by atoms with Crippen molar-refractivity contribution in [2.24, 2.45) is 5.92 Å². The number of para-hydroxylation sites is 1. The van der Waals surface area contributed by atoms with Gasteiger partial charge in [-0.2, -0.15) is 0 Å². The quantitative estimate of drug-likeness (QED) is 0.718. The summed E-state index contributed by atoms with van der Waals surface area (Å²) in [5.74, 6) is 1.01. The SMILES string of the molecule is CCCOc1ccccc1CCNC(=O)C1CCN(C(=O)c2ccc(C)cc2)CC1. The minimum atomic E-state index is -0.0290. The molecule has 1 fully saturated rings. The fourth-order valence-corrected chi connectivity index (χ4v) is 3.75. The highest BCUT2D eigenvalue weighted by atomic mass is 16.5. The molecular weight excluding hydrogens is 376 g/mol. The van der Waals surface area contributed by atoms with Gasteiger partial charge >= 0.3 is 0 Å². The van der Waals surface area contributed by atoms with Crippen molar-refractivity contribution in [1.29, 1.82) is 0 Å². The minimum Gasteiger partial charge on any atom is -0.493 e. The number of aryl methyl sites for hydroxylation is 1. The van der Waals surface area contributed by atoms with Gasteiger partial charge in [0.1, 0.15) is 5.75 Å². The predicted octanol–water partition coefficient (Wildman–Crippen LogP) is 3.99. The first-order chi connectivity index (χ1) is 14.6. The Labute approximate surface area is 179 Å². The lowest BCUT2D eigenvalue weighted by atomic mass is 9.95. The van der Waals surface area contributed by atoms with E-state index in [1.807, 2.05) is 60.4 Å². The molecular formula is C25H32N2O3. The normalized spacial score (nSPS) is 14.4. The van der Waals surface area contributed by atoms with Crippen LogP contribution in [0.5, 0.6) is 5.75 Å². The minimum absolute atomic E-state index is 0.0290. The molecule has 1 saturated heterocycles. The summed E-state index contributed by atoms with van der Waals surface area (Å²) in [7, 11) is 0. The smallest absolute Gasteiger partial charge is 0.253 e. The maximum atomic E-state index is 12.6. The third-order valence-electron chi connectivity index (χ3n) is 5.58. The highest BCUT2D eigenvalue weighted by Gasteiger charge is 2.27. The molecule has 1 aliphatic heterocycles. The molecule has 0 spiro atoms. The number of hydrogen-bond donors (Lipinski definition) is 1. The first-order valence-corrected chi connectivity index (χ1v) is 10.9. The average Bonchev–Trinajstić information content (AvgIpc) is 2.78. The van der Waals surface area contributed by atoms with Gasteiger partial charge in [0.15, 0.2) is 0 Å². The van der Waals surface area contributed by atoms with Gasteiger partial charge < -0.3 is 15.0 Å². The lowest BCUT2D eigenvalue weighted by Gasteiger charge is -2.31. The molecule has 2 aromatic rings. The zero-order chi connectivity index (χ0) is 21.3. The highest BCUT2D eigenvalue weighted by Crippen LogP contribution is 2.21. The Morgan fingerprint density at radius 1 is 1.07 bits per heavy atom. The molecule has 3 rings (SSSR count). The van der Waals surface area contributed by atoms with E-state index in [9.17, 15) is 9.59 Å². The van der Waals surface area contributed by atoms with E-state index < -0.39 is 0 Å². The Bertz CT molecular complexity index is 840. The summed E-state index contributed by atoms with van der Waals surface area (Å²) in [4.78, 5) is 27.1. The Hall–Kier alpha value is -2.82. The van der Waals surface area contributed by atoms with Crippen LogP contribution in [0.25, 0.3) is 0 Å². The third-order valence-corrected chi connectivity index (χ3v) is 5.58. The Balaban J connectivity index is 1.43. The molecule has 0 aromatic heterocycles. The maximum absolute atomic E-state index is 12.6. The summed E-state index contributed by atoms with van der Waals surface area (Å²) in [5.41, 5.74) is 2.97. The van der Waals surface area contributed by atoms with Gasteiger partial charge in [0, 0.05) is 31.1 Å². The molecule has 0 unspecified atom stereocenters. The molecule has 0 bridgehead atoms. The van der Waals surface area contributed by atoms with Crippen LogP contribution >= 0.6 is 0 Å². The Kier molecular flexibility index (Phi) is 7.89.